The summed E-state index contributed by atoms with van der Waals surface area (Å²) < 4.78 is 7.85. The lowest BCUT2D eigenvalue weighted by Gasteiger charge is -2.36. The van der Waals surface area contributed by atoms with Crippen molar-refractivity contribution < 1.29 is 9.84 Å². The van der Waals surface area contributed by atoms with E-state index in [4.69, 9.17) is 9.72 Å². The van der Waals surface area contributed by atoms with Gasteiger partial charge < -0.3 is 19.6 Å². The summed E-state index contributed by atoms with van der Waals surface area (Å²) in [4.78, 5) is 4.72. The second-order valence-corrected chi connectivity index (χ2v) is 7.21. The molecule has 1 aliphatic heterocycles. The number of aliphatic hydroxyl groups excluding tert-OH is 1. The summed E-state index contributed by atoms with van der Waals surface area (Å²) in [5.41, 5.74) is 1.95. The number of fused-ring (bicyclic) bond motifs is 1. The normalized spacial score (nSPS) is 25.5. The molecule has 4 rings (SSSR count). The van der Waals surface area contributed by atoms with Crippen molar-refractivity contribution >= 4 is 5.52 Å². The van der Waals surface area contributed by atoms with Crippen molar-refractivity contribution in [3.05, 3.63) is 35.9 Å². The molecule has 0 radical (unpaired) electrons. The molecule has 3 atom stereocenters. The van der Waals surface area contributed by atoms with E-state index in [-0.39, 0.29) is 11.6 Å². The fraction of sp³-hybridized carbons (Fsp3) is 0.611. The van der Waals surface area contributed by atoms with Gasteiger partial charge in [-0.1, -0.05) is 6.07 Å². The largest absolute Gasteiger partial charge is 0.376 e. The third-order valence-corrected chi connectivity index (χ3v) is 5.40. The number of rotatable bonds is 5. The van der Waals surface area contributed by atoms with Crippen LogP contribution in [0.3, 0.4) is 0 Å². The molecule has 2 aromatic heterocycles. The van der Waals surface area contributed by atoms with Crippen LogP contribution >= 0.6 is 0 Å². The van der Waals surface area contributed by atoms with Gasteiger partial charge in [-0.25, -0.2) is 4.98 Å². The Balaban J connectivity index is 1.66. The van der Waals surface area contributed by atoms with E-state index in [9.17, 15) is 5.11 Å². The van der Waals surface area contributed by atoms with Gasteiger partial charge in [0.25, 0.3) is 0 Å². The summed E-state index contributed by atoms with van der Waals surface area (Å²) in [5, 5.41) is 17.4. The molecular formula is C18H26N4O2. The summed E-state index contributed by atoms with van der Waals surface area (Å²) in [6, 6.07) is 4.14. The van der Waals surface area contributed by atoms with Crippen LogP contribution in [-0.4, -0.2) is 46.5 Å². The predicted octanol–water partition coefficient (Wildman–Crippen LogP) is 1.16. The molecule has 2 fully saturated rings. The maximum absolute atomic E-state index is 10.7. The third-order valence-electron chi connectivity index (χ3n) is 5.40. The van der Waals surface area contributed by atoms with E-state index in [0.29, 0.717) is 19.1 Å². The average molecular weight is 330 g/mol. The number of morpholine rings is 1. The third kappa shape index (κ3) is 2.73. The van der Waals surface area contributed by atoms with Gasteiger partial charge in [0.15, 0.2) is 0 Å². The van der Waals surface area contributed by atoms with Gasteiger partial charge in [0.2, 0.25) is 0 Å². The summed E-state index contributed by atoms with van der Waals surface area (Å²) in [7, 11) is 0. The van der Waals surface area contributed by atoms with Gasteiger partial charge in [0, 0.05) is 19.3 Å². The van der Waals surface area contributed by atoms with E-state index in [1.165, 1.54) is 5.56 Å². The van der Waals surface area contributed by atoms with Crippen molar-refractivity contribution in [3.8, 4) is 0 Å². The first kappa shape index (κ1) is 16.0. The summed E-state index contributed by atoms with van der Waals surface area (Å²) >= 11 is 0. The molecule has 2 aromatic rings. The number of aliphatic hydroxyl groups is 1. The van der Waals surface area contributed by atoms with Crippen molar-refractivity contribution in [2.24, 2.45) is 5.92 Å². The summed E-state index contributed by atoms with van der Waals surface area (Å²) in [5.74, 6) is 1.45. The van der Waals surface area contributed by atoms with Crippen molar-refractivity contribution in [1.29, 1.82) is 0 Å². The lowest BCUT2D eigenvalue weighted by atomic mass is 9.93. The Morgan fingerprint density at radius 1 is 1.50 bits per heavy atom. The van der Waals surface area contributed by atoms with Crippen LogP contribution in [0, 0.1) is 12.8 Å². The van der Waals surface area contributed by atoms with Crippen molar-refractivity contribution in [1.82, 2.24) is 20.0 Å². The molecule has 2 unspecified atom stereocenters. The lowest BCUT2D eigenvalue weighted by Crippen LogP contribution is -2.57. The van der Waals surface area contributed by atoms with E-state index in [1.807, 2.05) is 12.3 Å². The Morgan fingerprint density at radius 2 is 2.33 bits per heavy atom. The monoisotopic (exact) mass is 330 g/mol. The smallest absolute Gasteiger partial charge is 0.133 e. The van der Waals surface area contributed by atoms with Crippen LogP contribution in [0.1, 0.15) is 31.2 Å². The van der Waals surface area contributed by atoms with Gasteiger partial charge in [-0.05, 0) is 44.2 Å². The Hall–Kier alpha value is -1.47. The summed E-state index contributed by atoms with van der Waals surface area (Å²) in [6.45, 7) is 6.39. The molecule has 24 heavy (non-hydrogen) atoms. The number of aryl methyl sites for hydroxylation is 1. The Kier molecular flexibility index (Phi) is 4.08. The molecule has 6 nitrogen and oxygen atoms in total. The first-order valence-electron chi connectivity index (χ1n) is 8.81. The number of ether oxygens (including phenoxy) is 1. The minimum Gasteiger partial charge on any atom is -0.376 e. The molecule has 1 saturated heterocycles. The van der Waals surface area contributed by atoms with Crippen LogP contribution < -0.4 is 10.6 Å². The number of pyridine rings is 1. The molecule has 3 heterocycles. The maximum atomic E-state index is 10.7. The Bertz CT molecular complexity index is 721. The quantitative estimate of drug-likeness (QED) is 0.718. The molecule has 130 valence electrons. The fourth-order valence-corrected chi connectivity index (χ4v) is 3.76. The standard InChI is InChI=1S/C18H26N4O2/c1-12-4-3-8-22-14(12)10-20-17(22)18(2,13-5-6-13)21-16(23)15-11-19-7-9-24-15/h3-4,8,10,13,15-16,19,21,23H,5-7,9,11H2,1-2H3/t15-,16?,18?/m0/s1. The first-order chi connectivity index (χ1) is 11.6. The molecule has 6 heteroatoms. The van der Waals surface area contributed by atoms with Crippen molar-refractivity contribution in [2.75, 3.05) is 19.7 Å². The average Bonchev–Trinajstić information content (AvgIpc) is 3.36. The molecule has 1 saturated carbocycles. The highest BCUT2D eigenvalue weighted by atomic mass is 16.5. The second kappa shape index (κ2) is 6.11. The molecule has 1 aliphatic carbocycles. The molecular weight excluding hydrogens is 304 g/mol. The number of nitrogens with one attached hydrogen (secondary N) is 2. The zero-order chi connectivity index (χ0) is 16.7. The topological polar surface area (TPSA) is 70.8 Å². The van der Waals surface area contributed by atoms with Gasteiger partial charge in [0.05, 0.1) is 23.9 Å². The van der Waals surface area contributed by atoms with E-state index in [0.717, 1.165) is 30.7 Å². The first-order valence-corrected chi connectivity index (χ1v) is 8.81. The van der Waals surface area contributed by atoms with E-state index in [2.05, 4.69) is 41.1 Å². The van der Waals surface area contributed by atoms with Gasteiger partial charge >= 0.3 is 0 Å². The highest BCUT2D eigenvalue weighted by Gasteiger charge is 2.47. The minimum atomic E-state index is -0.722. The SMILES string of the molecule is Cc1cccn2c(C(C)(NC(O)[C@@H]3CNCCO3)C3CC3)ncc12. The Morgan fingerprint density at radius 3 is 3.04 bits per heavy atom. The molecule has 0 spiro atoms. The van der Waals surface area contributed by atoms with Gasteiger partial charge in [-0.2, -0.15) is 0 Å². The lowest BCUT2D eigenvalue weighted by molar-refractivity contribution is -0.0787. The van der Waals surface area contributed by atoms with E-state index < -0.39 is 6.23 Å². The van der Waals surface area contributed by atoms with Crippen molar-refractivity contribution in [3.63, 3.8) is 0 Å². The van der Waals surface area contributed by atoms with Crippen LogP contribution in [0.15, 0.2) is 24.5 Å². The van der Waals surface area contributed by atoms with Crippen LogP contribution in [0.4, 0.5) is 0 Å². The Labute approximate surface area is 142 Å². The van der Waals surface area contributed by atoms with Crippen LogP contribution in [0.5, 0.6) is 0 Å². The number of hydrogen-bond donors (Lipinski definition) is 3. The van der Waals surface area contributed by atoms with Crippen molar-refractivity contribution in [2.45, 2.75) is 44.6 Å². The zero-order valence-corrected chi connectivity index (χ0v) is 14.3. The molecule has 2 aliphatic rings. The fourth-order valence-electron chi connectivity index (χ4n) is 3.76. The number of aromatic nitrogens is 2. The second-order valence-electron chi connectivity index (χ2n) is 7.21. The van der Waals surface area contributed by atoms with Gasteiger partial charge in [-0.3, -0.25) is 5.32 Å². The molecule has 0 bridgehead atoms. The van der Waals surface area contributed by atoms with E-state index >= 15 is 0 Å². The molecule has 0 aromatic carbocycles. The molecule has 0 amide bonds. The molecule has 3 N–H and O–H groups in total. The number of nitrogens with zero attached hydrogens (tertiary/aromatic N) is 2. The summed E-state index contributed by atoms with van der Waals surface area (Å²) in [6.07, 6.45) is 5.34. The van der Waals surface area contributed by atoms with Gasteiger partial charge in [-0.15, -0.1) is 0 Å². The minimum absolute atomic E-state index is 0.232. The highest BCUT2D eigenvalue weighted by Crippen LogP contribution is 2.45. The predicted molar refractivity (Wildman–Crippen MR) is 91.8 cm³/mol. The van der Waals surface area contributed by atoms with E-state index in [1.54, 1.807) is 0 Å². The van der Waals surface area contributed by atoms with Crippen LogP contribution in [0.2, 0.25) is 0 Å². The highest BCUT2D eigenvalue weighted by molar-refractivity contribution is 5.54. The zero-order valence-electron chi connectivity index (χ0n) is 14.3. The van der Waals surface area contributed by atoms with Crippen LogP contribution in [-0.2, 0) is 10.3 Å². The maximum Gasteiger partial charge on any atom is 0.133 e. The van der Waals surface area contributed by atoms with Crippen LogP contribution in [0.25, 0.3) is 5.52 Å². The van der Waals surface area contributed by atoms with Gasteiger partial charge in [0.1, 0.15) is 18.2 Å². The number of hydrogen-bond acceptors (Lipinski definition) is 5. The number of imidazole rings is 1.